The van der Waals surface area contributed by atoms with Crippen molar-refractivity contribution in [1.29, 1.82) is 0 Å². The fourth-order valence-corrected chi connectivity index (χ4v) is 4.08. The van der Waals surface area contributed by atoms with E-state index in [0.717, 1.165) is 53.9 Å². The molecule has 1 unspecified atom stereocenters. The first-order valence-electron chi connectivity index (χ1n) is 9.45. The van der Waals surface area contributed by atoms with Gasteiger partial charge in [0.05, 0.1) is 22.3 Å². The number of benzene rings is 1. The monoisotopic (exact) mass is 363 g/mol. The lowest BCUT2D eigenvalue weighted by molar-refractivity contribution is 0.0739. The maximum absolute atomic E-state index is 13.5. The van der Waals surface area contributed by atoms with Crippen LogP contribution in [0.1, 0.15) is 28.9 Å². The Morgan fingerprint density at radius 2 is 2.07 bits per heavy atom. The molecule has 140 valence electrons. The number of fused-ring (bicyclic) bond motifs is 1. The molecule has 1 aliphatic heterocycles. The Kier molecular flexibility index (Phi) is 4.66. The van der Waals surface area contributed by atoms with E-state index in [2.05, 4.69) is 10.4 Å². The van der Waals surface area contributed by atoms with Crippen LogP contribution >= 0.6 is 0 Å². The van der Waals surface area contributed by atoms with Crippen LogP contribution in [0.3, 0.4) is 0 Å². The number of aryl methyl sites for hydroxylation is 2. The van der Waals surface area contributed by atoms with Crippen LogP contribution in [0.25, 0.3) is 22.3 Å². The van der Waals surface area contributed by atoms with Crippen molar-refractivity contribution in [2.24, 2.45) is 7.05 Å². The van der Waals surface area contributed by atoms with Gasteiger partial charge in [0, 0.05) is 31.7 Å². The van der Waals surface area contributed by atoms with Crippen molar-refractivity contribution in [3.8, 4) is 11.3 Å². The number of amides is 1. The van der Waals surface area contributed by atoms with E-state index in [-0.39, 0.29) is 11.9 Å². The maximum atomic E-state index is 13.5. The van der Waals surface area contributed by atoms with Crippen LogP contribution in [0.5, 0.6) is 0 Å². The number of likely N-dealkylation sites (tertiary alicyclic amines) is 1. The molecule has 6 nitrogen and oxygen atoms in total. The summed E-state index contributed by atoms with van der Waals surface area (Å²) in [5.41, 5.74) is 4.10. The molecule has 0 saturated carbocycles. The van der Waals surface area contributed by atoms with Gasteiger partial charge in [-0.3, -0.25) is 9.48 Å². The zero-order chi connectivity index (χ0) is 19.0. The molecule has 1 saturated heterocycles. The van der Waals surface area contributed by atoms with Gasteiger partial charge in [-0.1, -0.05) is 30.3 Å². The van der Waals surface area contributed by atoms with Crippen LogP contribution in [-0.2, 0) is 7.05 Å². The van der Waals surface area contributed by atoms with Gasteiger partial charge in [-0.25, -0.2) is 4.98 Å². The predicted molar refractivity (Wildman–Crippen MR) is 107 cm³/mol. The highest BCUT2D eigenvalue weighted by Gasteiger charge is 2.31. The molecule has 3 aromatic rings. The lowest BCUT2D eigenvalue weighted by Gasteiger charge is -2.25. The average molecular weight is 363 g/mol. The quantitative estimate of drug-likeness (QED) is 0.774. The van der Waals surface area contributed by atoms with E-state index in [4.69, 9.17) is 4.98 Å². The first-order chi connectivity index (χ1) is 13.1. The molecule has 1 aromatic carbocycles. The molecule has 0 bridgehead atoms. The number of rotatable bonds is 4. The number of nitrogens with one attached hydrogen (secondary N) is 1. The minimum Gasteiger partial charge on any atom is -0.334 e. The van der Waals surface area contributed by atoms with E-state index >= 15 is 0 Å². The second kappa shape index (κ2) is 7.12. The van der Waals surface area contributed by atoms with Crippen LogP contribution in [-0.4, -0.2) is 51.8 Å². The Hall–Kier alpha value is -2.73. The van der Waals surface area contributed by atoms with E-state index in [1.54, 1.807) is 4.68 Å². The number of hydrogen-bond donors (Lipinski definition) is 1. The number of likely N-dealkylation sites (N-methyl/N-ethyl adjacent to an activating group) is 1. The van der Waals surface area contributed by atoms with Crippen LogP contribution in [0.2, 0.25) is 0 Å². The molecule has 27 heavy (non-hydrogen) atoms. The van der Waals surface area contributed by atoms with Gasteiger partial charge >= 0.3 is 0 Å². The molecule has 3 heterocycles. The molecule has 0 aliphatic carbocycles. The lowest BCUT2D eigenvalue weighted by atomic mass is 10.0. The summed E-state index contributed by atoms with van der Waals surface area (Å²) in [6.07, 6.45) is 2.09. The number of carbonyl (C=O) groups is 1. The maximum Gasteiger partial charge on any atom is 0.255 e. The van der Waals surface area contributed by atoms with Crippen molar-refractivity contribution >= 4 is 16.9 Å². The molecular formula is C21H25N5O. The van der Waals surface area contributed by atoms with Crippen molar-refractivity contribution in [3.05, 3.63) is 47.7 Å². The standard InChI is InChI=1S/C21H25N5O/c1-14-19-17(21(27)26-11-7-10-16(26)13-22-2)12-18(15-8-5-4-6-9-15)23-20(19)25(3)24-14/h4-6,8-9,12,16,22H,7,10-11,13H2,1-3H3. The minimum atomic E-state index is 0.0773. The van der Waals surface area contributed by atoms with E-state index in [0.29, 0.717) is 5.56 Å². The van der Waals surface area contributed by atoms with Gasteiger partial charge in [0.15, 0.2) is 5.65 Å². The Labute approximate surface area is 159 Å². The van der Waals surface area contributed by atoms with Crippen molar-refractivity contribution in [3.63, 3.8) is 0 Å². The topological polar surface area (TPSA) is 63.1 Å². The third-order valence-electron chi connectivity index (χ3n) is 5.35. The van der Waals surface area contributed by atoms with E-state index in [1.807, 2.05) is 62.3 Å². The van der Waals surface area contributed by atoms with E-state index in [9.17, 15) is 4.79 Å². The summed E-state index contributed by atoms with van der Waals surface area (Å²) in [6, 6.07) is 12.2. The SMILES string of the molecule is CNCC1CCCN1C(=O)c1cc(-c2ccccc2)nc2c1c(C)nn2C. The zero-order valence-corrected chi connectivity index (χ0v) is 16.1. The van der Waals surface area contributed by atoms with Gasteiger partial charge in [0.1, 0.15) is 0 Å². The summed E-state index contributed by atoms with van der Waals surface area (Å²) in [4.78, 5) is 20.3. The summed E-state index contributed by atoms with van der Waals surface area (Å²) in [5.74, 6) is 0.0773. The molecule has 1 atom stereocenters. The molecule has 6 heteroatoms. The molecule has 1 fully saturated rings. The predicted octanol–water partition coefficient (Wildman–Crippen LogP) is 2.77. The highest BCUT2D eigenvalue weighted by atomic mass is 16.2. The Morgan fingerprint density at radius 1 is 1.30 bits per heavy atom. The normalized spacial score (nSPS) is 17.0. The fraction of sp³-hybridized carbons (Fsp3) is 0.381. The first-order valence-corrected chi connectivity index (χ1v) is 9.45. The number of pyridine rings is 1. The summed E-state index contributed by atoms with van der Waals surface area (Å²) in [5, 5.41) is 8.59. The molecular weight excluding hydrogens is 338 g/mol. The summed E-state index contributed by atoms with van der Waals surface area (Å²) in [7, 11) is 3.81. The van der Waals surface area contributed by atoms with Gasteiger partial charge in [-0.05, 0) is 32.9 Å². The third-order valence-corrected chi connectivity index (χ3v) is 5.35. The second-order valence-electron chi connectivity index (χ2n) is 7.18. The molecule has 1 amide bonds. The average Bonchev–Trinajstić information content (AvgIpc) is 3.26. The largest absolute Gasteiger partial charge is 0.334 e. The first kappa shape index (κ1) is 17.7. The van der Waals surface area contributed by atoms with Crippen LogP contribution in [0.15, 0.2) is 36.4 Å². The number of hydrogen-bond acceptors (Lipinski definition) is 4. The Balaban J connectivity index is 1.87. The lowest BCUT2D eigenvalue weighted by Crippen LogP contribution is -2.41. The van der Waals surface area contributed by atoms with Crippen molar-refractivity contribution < 1.29 is 4.79 Å². The third kappa shape index (κ3) is 3.10. The smallest absolute Gasteiger partial charge is 0.255 e. The second-order valence-corrected chi connectivity index (χ2v) is 7.18. The molecule has 1 N–H and O–H groups in total. The molecule has 1 aliphatic rings. The summed E-state index contributed by atoms with van der Waals surface area (Å²) < 4.78 is 1.77. The van der Waals surface area contributed by atoms with Crippen molar-refractivity contribution in [2.45, 2.75) is 25.8 Å². The minimum absolute atomic E-state index is 0.0773. The van der Waals surface area contributed by atoms with Crippen molar-refractivity contribution in [2.75, 3.05) is 20.1 Å². The van der Waals surface area contributed by atoms with Gasteiger partial charge in [-0.15, -0.1) is 0 Å². The van der Waals surface area contributed by atoms with E-state index in [1.165, 1.54) is 0 Å². The molecule has 4 rings (SSSR count). The zero-order valence-electron chi connectivity index (χ0n) is 16.1. The number of nitrogens with zero attached hydrogens (tertiary/aromatic N) is 4. The molecule has 0 radical (unpaired) electrons. The van der Waals surface area contributed by atoms with Crippen LogP contribution in [0, 0.1) is 6.92 Å². The number of carbonyl (C=O) groups excluding carboxylic acids is 1. The molecule has 2 aromatic heterocycles. The summed E-state index contributed by atoms with van der Waals surface area (Å²) >= 11 is 0. The van der Waals surface area contributed by atoms with Crippen LogP contribution in [0.4, 0.5) is 0 Å². The fourth-order valence-electron chi connectivity index (χ4n) is 4.08. The van der Waals surface area contributed by atoms with E-state index < -0.39 is 0 Å². The van der Waals surface area contributed by atoms with Gasteiger partial charge in [0.25, 0.3) is 5.91 Å². The number of aromatic nitrogens is 3. The van der Waals surface area contributed by atoms with Gasteiger partial charge in [-0.2, -0.15) is 5.10 Å². The van der Waals surface area contributed by atoms with Gasteiger partial charge in [0.2, 0.25) is 0 Å². The summed E-state index contributed by atoms with van der Waals surface area (Å²) in [6.45, 7) is 3.56. The molecule has 0 spiro atoms. The highest BCUT2D eigenvalue weighted by molar-refractivity contribution is 6.07. The highest BCUT2D eigenvalue weighted by Crippen LogP contribution is 2.29. The van der Waals surface area contributed by atoms with Crippen molar-refractivity contribution in [1.82, 2.24) is 25.0 Å². The Bertz CT molecular complexity index is 979. The van der Waals surface area contributed by atoms with Crippen LogP contribution < -0.4 is 5.32 Å². The Morgan fingerprint density at radius 3 is 2.81 bits per heavy atom. The van der Waals surface area contributed by atoms with Gasteiger partial charge < -0.3 is 10.2 Å².